The van der Waals surface area contributed by atoms with Crippen molar-refractivity contribution in [1.29, 1.82) is 0 Å². The van der Waals surface area contributed by atoms with Crippen LogP contribution in [0.2, 0.25) is 0 Å². The van der Waals surface area contributed by atoms with Crippen molar-refractivity contribution in [2.45, 2.75) is 32.1 Å². The van der Waals surface area contributed by atoms with Crippen LogP contribution in [0.15, 0.2) is 18.2 Å². The van der Waals surface area contributed by atoms with Crippen LogP contribution in [0, 0.1) is 5.92 Å². The van der Waals surface area contributed by atoms with E-state index in [0.717, 1.165) is 17.5 Å². The number of rotatable bonds is 6. The van der Waals surface area contributed by atoms with Gasteiger partial charge in [0.15, 0.2) is 0 Å². The van der Waals surface area contributed by atoms with Crippen LogP contribution < -0.4 is 5.32 Å². The van der Waals surface area contributed by atoms with Gasteiger partial charge in [-0.2, -0.15) is 0 Å². The molecule has 1 aromatic carbocycles. The number of carbonyl (C=O) groups excluding carboxylic acids is 1. The van der Waals surface area contributed by atoms with Gasteiger partial charge in [0, 0.05) is 19.6 Å². The average Bonchev–Trinajstić information content (AvgIpc) is 3.18. The van der Waals surface area contributed by atoms with Gasteiger partial charge in [-0.15, -0.1) is 0 Å². The zero-order chi connectivity index (χ0) is 13.8. The molecule has 0 spiro atoms. The molecule has 2 atom stereocenters. The normalized spacial score (nSPS) is 21.2. The Hall–Kier alpha value is -1.55. The van der Waals surface area contributed by atoms with Gasteiger partial charge in [0.1, 0.15) is 5.75 Å². The molecule has 0 saturated heterocycles. The molecule has 0 aromatic heterocycles. The van der Waals surface area contributed by atoms with E-state index < -0.39 is 0 Å². The summed E-state index contributed by atoms with van der Waals surface area (Å²) in [6.07, 6.45) is 2.03. The maximum atomic E-state index is 11.2. The summed E-state index contributed by atoms with van der Waals surface area (Å²) in [6, 6.07) is 5.51. The number of aromatic hydroxyl groups is 1. The summed E-state index contributed by atoms with van der Waals surface area (Å²) in [5.41, 5.74) is 1.96. The van der Waals surface area contributed by atoms with Crippen molar-refractivity contribution in [2.24, 2.45) is 5.92 Å². The molecule has 1 aromatic rings. The second-order valence-electron chi connectivity index (χ2n) is 5.08. The van der Waals surface area contributed by atoms with Gasteiger partial charge in [0.2, 0.25) is 5.91 Å². The van der Waals surface area contributed by atoms with E-state index >= 15 is 0 Å². The molecule has 1 amide bonds. The Balaban J connectivity index is 2.00. The first-order chi connectivity index (χ1) is 9.17. The number of benzene rings is 1. The van der Waals surface area contributed by atoms with E-state index in [1.54, 1.807) is 6.07 Å². The quantitative estimate of drug-likeness (QED) is 0.729. The van der Waals surface area contributed by atoms with Crippen molar-refractivity contribution in [1.82, 2.24) is 5.32 Å². The van der Waals surface area contributed by atoms with Crippen molar-refractivity contribution < 1.29 is 15.0 Å². The standard InChI is InChI=1S/C15H21NO3/c1-2-15(19)16-9-10-8-13(10)11-4-3-5-14(18)12(11)6-7-17/h3-5,10,13,17-18H,2,6-9H2,1H3,(H,16,19). The minimum Gasteiger partial charge on any atom is -0.508 e. The van der Waals surface area contributed by atoms with Crippen LogP contribution >= 0.6 is 0 Å². The van der Waals surface area contributed by atoms with Crippen LogP contribution in [-0.2, 0) is 11.2 Å². The number of nitrogens with one attached hydrogen (secondary N) is 1. The number of phenols is 1. The number of hydrogen-bond donors (Lipinski definition) is 3. The molecule has 0 heterocycles. The minimum absolute atomic E-state index is 0.0362. The fraction of sp³-hybridized carbons (Fsp3) is 0.533. The van der Waals surface area contributed by atoms with Crippen molar-refractivity contribution in [2.75, 3.05) is 13.2 Å². The Morgan fingerprint density at radius 1 is 1.47 bits per heavy atom. The predicted octanol–water partition coefficient (Wildman–Crippen LogP) is 1.56. The zero-order valence-corrected chi connectivity index (χ0v) is 11.2. The third-order valence-electron chi connectivity index (χ3n) is 3.75. The molecule has 1 fully saturated rings. The maximum Gasteiger partial charge on any atom is 0.219 e. The number of aliphatic hydroxyl groups is 1. The molecule has 3 N–H and O–H groups in total. The molecule has 1 saturated carbocycles. The van der Waals surface area contributed by atoms with E-state index in [1.165, 1.54) is 0 Å². The van der Waals surface area contributed by atoms with Gasteiger partial charge in [-0.1, -0.05) is 19.1 Å². The molecule has 0 radical (unpaired) electrons. The topological polar surface area (TPSA) is 69.6 Å². The largest absolute Gasteiger partial charge is 0.508 e. The zero-order valence-electron chi connectivity index (χ0n) is 11.2. The van der Waals surface area contributed by atoms with E-state index in [0.29, 0.717) is 31.2 Å². The number of aliphatic hydroxyl groups excluding tert-OH is 1. The van der Waals surface area contributed by atoms with Crippen LogP contribution in [0.1, 0.15) is 36.8 Å². The van der Waals surface area contributed by atoms with Gasteiger partial charge >= 0.3 is 0 Å². The monoisotopic (exact) mass is 263 g/mol. The molecule has 4 heteroatoms. The average molecular weight is 263 g/mol. The van der Waals surface area contributed by atoms with Crippen molar-refractivity contribution in [3.8, 4) is 5.75 Å². The van der Waals surface area contributed by atoms with Crippen molar-refractivity contribution in [3.05, 3.63) is 29.3 Å². The second-order valence-corrected chi connectivity index (χ2v) is 5.08. The number of carbonyl (C=O) groups is 1. The Morgan fingerprint density at radius 2 is 2.26 bits per heavy atom. The first-order valence-corrected chi connectivity index (χ1v) is 6.85. The van der Waals surface area contributed by atoms with E-state index in [9.17, 15) is 9.90 Å². The minimum atomic E-state index is 0.0362. The van der Waals surface area contributed by atoms with Crippen LogP contribution in [0.4, 0.5) is 0 Å². The van der Waals surface area contributed by atoms with Gasteiger partial charge < -0.3 is 15.5 Å². The molecule has 19 heavy (non-hydrogen) atoms. The fourth-order valence-electron chi connectivity index (χ4n) is 2.55. The maximum absolute atomic E-state index is 11.2. The van der Waals surface area contributed by atoms with Crippen molar-refractivity contribution in [3.63, 3.8) is 0 Å². The molecule has 2 rings (SSSR count). The van der Waals surface area contributed by atoms with Crippen molar-refractivity contribution >= 4 is 5.91 Å². The summed E-state index contributed by atoms with van der Waals surface area (Å²) in [5, 5.41) is 21.8. The smallest absolute Gasteiger partial charge is 0.219 e. The Bertz CT molecular complexity index is 459. The van der Waals surface area contributed by atoms with Crippen LogP contribution in [-0.4, -0.2) is 29.3 Å². The highest BCUT2D eigenvalue weighted by Crippen LogP contribution is 2.49. The molecule has 4 nitrogen and oxygen atoms in total. The summed E-state index contributed by atoms with van der Waals surface area (Å²) in [4.78, 5) is 11.2. The molecular formula is C15H21NO3. The van der Waals surface area contributed by atoms with Gasteiger partial charge in [0.05, 0.1) is 0 Å². The highest BCUT2D eigenvalue weighted by Gasteiger charge is 2.39. The second kappa shape index (κ2) is 6.06. The van der Waals surface area contributed by atoms with Gasteiger partial charge in [-0.3, -0.25) is 4.79 Å². The Morgan fingerprint density at radius 3 is 2.95 bits per heavy atom. The molecule has 2 unspecified atom stereocenters. The SMILES string of the molecule is CCC(=O)NCC1CC1c1cccc(O)c1CCO. The van der Waals surface area contributed by atoms with E-state index in [4.69, 9.17) is 5.11 Å². The first kappa shape index (κ1) is 13.9. The summed E-state index contributed by atoms with van der Waals surface area (Å²) >= 11 is 0. The van der Waals surface area contributed by atoms with Crippen LogP contribution in [0.5, 0.6) is 5.75 Å². The Kier molecular flexibility index (Phi) is 4.43. The first-order valence-electron chi connectivity index (χ1n) is 6.85. The lowest BCUT2D eigenvalue weighted by Gasteiger charge is -2.10. The molecule has 1 aliphatic carbocycles. The lowest BCUT2D eigenvalue weighted by atomic mass is 9.98. The van der Waals surface area contributed by atoms with Crippen LogP contribution in [0.3, 0.4) is 0 Å². The van der Waals surface area contributed by atoms with Gasteiger partial charge in [-0.05, 0) is 41.9 Å². The van der Waals surface area contributed by atoms with Gasteiger partial charge in [0.25, 0.3) is 0 Å². The Labute approximate surface area is 113 Å². The summed E-state index contributed by atoms with van der Waals surface area (Å²) in [7, 11) is 0. The lowest BCUT2D eigenvalue weighted by Crippen LogP contribution is -2.24. The summed E-state index contributed by atoms with van der Waals surface area (Å²) in [5.74, 6) is 1.19. The predicted molar refractivity (Wildman–Crippen MR) is 73.0 cm³/mol. The lowest BCUT2D eigenvalue weighted by molar-refractivity contribution is -0.120. The number of hydrogen-bond acceptors (Lipinski definition) is 3. The molecule has 0 aliphatic heterocycles. The number of phenolic OH excluding ortho intramolecular Hbond substituents is 1. The highest BCUT2D eigenvalue weighted by atomic mass is 16.3. The van der Waals surface area contributed by atoms with Crippen LogP contribution in [0.25, 0.3) is 0 Å². The third kappa shape index (κ3) is 3.26. The summed E-state index contributed by atoms with van der Waals surface area (Å²) in [6.45, 7) is 2.58. The molecule has 0 bridgehead atoms. The highest BCUT2D eigenvalue weighted by molar-refractivity contribution is 5.75. The summed E-state index contributed by atoms with van der Waals surface area (Å²) < 4.78 is 0. The third-order valence-corrected chi connectivity index (χ3v) is 3.75. The van der Waals surface area contributed by atoms with E-state index in [-0.39, 0.29) is 18.3 Å². The molecule has 104 valence electrons. The molecule has 1 aliphatic rings. The fourth-order valence-corrected chi connectivity index (χ4v) is 2.55. The van der Waals surface area contributed by atoms with E-state index in [2.05, 4.69) is 5.32 Å². The van der Waals surface area contributed by atoms with Gasteiger partial charge in [-0.25, -0.2) is 0 Å². The molecular weight excluding hydrogens is 242 g/mol. The van der Waals surface area contributed by atoms with E-state index in [1.807, 2.05) is 19.1 Å². The number of amides is 1.